The van der Waals surface area contributed by atoms with Crippen molar-refractivity contribution in [3.05, 3.63) is 58.6 Å². The summed E-state index contributed by atoms with van der Waals surface area (Å²) in [7, 11) is 0. The number of benzene rings is 1. The van der Waals surface area contributed by atoms with Gasteiger partial charge in [-0.05, 0) is 59.3 Å². The fourth-order valence-electron chi connectivity index (χ4n) is 2.94. The van der Waals surface area contributed by atoms with E-state index < -0.39 is 0 Å². The minimum atomic E-state index is -0.307. The highest BCUT2D eigenvalue weighted by atomic mass is 79.9. The molecule has 0 radical (unpaired) electrons. The van der Waals surface area contributed by atoms with Crippen LogP contribution >= 0.6 is 15.9 Å². The zero-order valence-electron chi connectivity index (χ0n) is 15.8. The van der Waals surface area contributed by atoms with Crippen molar-refractivity contribution < 1.29 is 13.9 Å². The van der Waals surface area contributed by atoms with E-state index in [1.807, 2.05) is 37.3 Å². The maximum Gasteiger partial charge on any atom is 0.291 e. The van der Waals surface area contributed by atoms with Crippen LogP contribution < -0.4 is 15.5 Å². The molecule has 1 aromatic carbocycles. The Morgan fingerprint density at radius 2 is 1.79 bits per heavy atom. The molecule has 0 spiro atoms. The molecule has 4 rings (SSSR count). The number of amides is 1. The normalized spacial score (nSPS) is 13.9. The molecule has 0 unspecified atom stereocenters. The van der Waals surface area contributed by atoms with E-state index in [9.17, 15) is 4.79 Å². The summed E-state index contributed by atoms with van der Waals surface area (Å²) in [5.41, 5.74) is 2.41. The Kier molecular flexibility index (Phi) is 5.77. The van der Waals surface area contributed by atoms with Gasteiger partial charge in [-0.15, -0.1) is 0 Å². The second-order valence-electron chi connectivity index (χ2n) is 6.55. The van der Waals surface area contributed by atoms with E-state index >= 15 is 0 Å². The van der Waals surface area contributed by atoms with Crippen molar-refractivity contribution >= 4 is 45.0 Å². The Balaban J connectivity index is 1.43. The number of hydrogen-bond donors (Lipinski definition) is 2. The zero-order chi connectivity index (χ0) is 20.2. The van der Waals surface area contributed by atoms with Gasteiger partial charge in [-0.1, -0.05) is 0 Å². The standard InChI is InChI=1S/C20H20BrN5O3/c1-13-12-18(25-20(22-13)26-8-10-28-11-9-26)23-14-2-4-15(5-3-14)24-19(27)16-6-7-17(21)29-16/h2-7,12H,8-11H2,1H3,(H,24,27)(H,22,23,25). The van der Waals surface area contributed by atoms with Gasteiger partial charge >= 0.3 is 0 Å². The maximum absolute atomic E-state index is 12.2. The highest BCUT2D eigenvalue weighted by Gasteiger charge is 2.15. The second kappa shape index (κ2) is 8.62. The largest absolute Gasteiger partial charge is 0.444 e. The first-order valence-corrected chi connectivity index (χ1v) is 9.98. The number of carbonyl (C=O) groups is 1. The molecule has 1 fully saturated rings. The Hall–Kier alpha value is -2.91. The van der Waals surface area contributed by atoms with E-state index in [0.717, 1.165) is 30.3 Å². The second-order valence-corrected chi connectivity index (χ2v) is 7.34. The average Bonchev–Trinajstić information content (AvgIpc) is 3.16. The highest BCUT2D eigenvalue weighted by Crippen LogP contribution is 2.22. The van der Waals surface area contributed by atoms with Crippen molar-refractivity contribution in [1.82, 2.24) is 9.97 Å². The summed E-state index contributed by atoms with van der Waals surface area (Å²) in [6.45, 7) is 4.87. The highest BCUT2D eigenvalue weighted by molar-refractivity contribution is 9.10. The number of furan rings is 1. The summed E-state index contributed by atoms with van der Waals surface area (Å²) in [5.74, 6) is 1.35. The van der Waals surface area contributed by atoms with Gasteiger partial charge in [0.1, 0.15) is 5.82 Å². The molecule has 0 aliphatic carbocycles. The van der Waals surface area contributed by atoms with Gasteiger partial charge in [0.05, 0.1) is 13.2 Å². The smallest absolute Gasteiger partial charge is 0.291 e. The average molecular weight is 458 g/mol. The number of nitrogens with zero attached hydrogens (tertiary/aromatic N) is 3. The van der Waals surface area contributed by atoms with Crippen LogP contribution in [0.3, 0.4) is 0 Å². The zero-order valence-corrected chi connectivity index (χ0v) is 17.4. The van der Waals surface area contributed by atoms with Crippen LogP contribution in [0.1, 0.15) is 16.2 Å². The molecule has 2 aromatic heterocycles. The maximum atomic E-state index is 12.2. The third-order valence-electron chi connectivity index (χ3n) is 4.35. The lowest BCUT2D eigenvalue weighted by molar-refractivity contribution is 0.0995. The van der Waals surface area contributed by atoms with Crippen LogP contribution in [0.4, 0.5) is 23.1 Å². The van der Waals surface area contributed by atoms with Crippen LogP contribution in [0, 0.1) is 6.92 Å². The Labute approximate surface area is 176 Å². The van der Waals surface area contributed by atoms with Crippen LogP contribution in [0.15, 0.2) is 51.6 Å². The molecule has 1 aliphatic rings. The number of anilines is 4. The molecule has 29 heavy (non-hydrogen) atoms. The van der Waals surface area contributed by atoms with E-state index in [4.69, 9.17) is 9.15 Å². The molecular weight excluding hydrogens is 438 g/mol. The number of aryl methyl sites for hydroxylation is 1. The Bertz CT molecular complexity index is 1000. The van der Waals surface area contributed by atoms with Gasteiger partial charge in [0.25, 0.3) is 5.91 Å². The molecule has 150 valence electrons. The van der Waals surface area contributed by atoms with E-state index in [1.165, 1.54) is 0 Å². The Morgan fingerprint density at radius 3 is 2.48 bits per heavy atom. The van der Waals surface area contributed by atoms with Crippen LogP contribution in [0.25, 0.3) is 0 Å². The molecule has 1 aliphatic heterocycles. The number of halogens is 1. The molecule has 9 heteroatoms. The first kappa shape index (κ1) is 19.4. The lowest BCUT2D eigenvalue weighted by Crippen LogP contribution is -2.37. The van der Waals surface area contributed by atoms with Gasteiger partial charge in [-0.2, -0.15) is 4.98 Å². The first-order valence-electron chi connectivity index (χ1n) is 9.19. The number of morpholine rings is 1. The van der Waals surface area contributed by atoms with E-state index in [1.54, 1.807) is 12.1 Å². The minimum Gasteiger partial charge on any atom is -0.444 e. The molecule has 3 aromatic rings. The fraction of sp³-hybridized carbons (Fsp3) is 0.250. The van der Waals surface area contributed by atoms with Gasteiger partial charge in [0.15, 0.2) is 10.4 Å². The number of hydrogen-bond acceptors (Lipinski definition) is 7. The van der Waals surface area contributed by atoms with Crippen LogP contribution in [0.2, 0.25) is 0 Å². The van der Waals surface area contributed by atoms with E-state index in [-0.39, 0.29) is 11.7 Å². The topological polar surface area (TPSA) is 92.5 Å². The third kappa shape index (κ3) is 4.93. The molecule has 1 saturated heterocycles. The lowest BCUT2D eigenvalue weighted by atomic mass is 10.2. The van der Waals surface area contributed by atoms with E-state index in [2.05, 4.69) is 41.4 Å². The fourth-order valence-corrected chi connectivity index (χ4v) is 3.24. The molecule has 0 bridgehead atoms. The first-order chi connectivity index (χ1) is 14.1. The number of carbonyl (C=O) groups excluding carboxylic acids is 1. The molecule has 3 heterocycles. The SMILES string of the molecule is Cc1cc(Nc2ccc(NC(=O)c3ccc(Br)o3)cc2)nc(N2CCOCC2)n1. The van der Waals surface area contributed by atoms with Gasteiger partial charge in [-0.3, -0.25) is 4.79 Å². The van der Waals surface area contributed by atoms with E-state index in [0.29, 0.717) is 29.5 Å². The molecular formula is C20H20BrN5O3. The van der Waals surface area contributed by atoms with Gasteiger partial charge < -0.3 is 24.7 Å². The van der Waals surface area contributed by atoms with Crippen LogP contribution in [-0.4, -0.2) is 42.2 Å². The van der Waals surface area contributed by atoms with Gasteiger partial charge in [0.2, 0.25) is 5.95 Å². The van der Waals surface area contributed by atoms with Crippen LogP contribution in [0.5, 0.6) is 0 Å². The number of aromatic nitrogens is 2. The van der Waals surface area contributed by atoms with Crippen molar-refractivity contribution in [2.75, 3.05) is 41.8 Å². The van der Waals surface area contributed by atoms with Crippen molar-refractivity contribution in [3.8, 4) is 0 Å². The summed E-state index contributed by atoms with van der Waals surface area (Å²) < 4.78 is 11.2. The van der Waals surface area contributed by atoms with Crippen molar-refractivity contribution in [3.63, 3.8) is 0 Å². The van der Waals surface area contributed by atoms with Gasteiger partial charge in [-0.25, -0.2) is 4.98 Å². The van der Waals surface area contributed by atoms with Crippen molar-refractivity contribution in [2.24, 2.45) is 0 Å². The predicted molar refractivity (Wildman–Crippen MR) is 114 cm³/mol. The summed E-state index contributed by atoms with van der Waals surface area (Å²) in [6, 6.07) is 12.6. The van der Waals surface area contributed by atoms with Gasteiger partial charge in [0, 0.05) is 36.2 Å². The van der Waals surface area contributed by atoms with Crippen molar-refractivity contribution in [1.29, 1.82) is 0 Å². The minimum absolute atomic E-state index is 0.242. The molecule has 2 N–H and O–H groups in total. The lowest BCUT2D eigenvalue weighted by Gasteiger charge is -2.27. The number of rotatable bonds is 5. The van der Waals surface area contributed by atoms with Crippen LogP contribution in [-0.2, 0) is 4.74 Å². The summed E-state index contributed by atoms with van der Waals surface area (Å²) in [5, 5.41) is 6.09. The quantitative estimate of drug-likeness (QED) is 0.598. The number of ether oxygens (including phenoxy) is 1. The molecule has 8 nitrogen and oxygen atoms in total. The molecule has 0 saturated carbocycles. The summed E-state index contributed by atoms with van der Waals surface area (Å²) >= 11 is 3.19. The molecule has 0 atom stereocenters. The number of nitrogens with one attached hydrogen (secondary N) is 2. The van der Waals surface area contributed by atoms with Crippen molar-refractivity contribution in [2.45, 2.75) is 6.92 Å². The predicted octanol–water partition coefficient (Wildman–Crippen LogP) is 3.97. The Morgan fingerprint density at radius 1 is 1.07 bits per heavy atom. The summed E-state index contributed by atoms with van der Waals surface area (Å²) in [4.78, 5) is 23.4. The third-order valence-corrected chi connectivity index (χ3v) is 4.77. The molecule has 1 amide bonds. The monoisotopic (exact) mass is 457 g/mol. The summed E-state index contributed by atoms with van der Waals surface area (Å²) in [6.07, 6.45) is 0.